The first-order valence-corrected chi connectivity index (χ1v) is 7.61. The number of thiazole rings is 1. The van der Waals surface area contributed by atoms with Gasteiger partial charge in [0.15, 0.2) is 0 Å². The van der Waals surface area contributed by atoms with Gasteiger partial charge in [0.1, 0.15) is 11.1 Å². The van der Waals surface area contributed by atoms with Crippen LogP contribution in [0.15, 0.2) is 48.5 Å². The Kier molecular flexibility index (Phi) is 3.74. The smallest absolute Gasteiger partial charge is 0.135 e. The Morgan fingerprint density at radius 3 is 2.52 bits per heavy atom. The molecule has 0 aliphatic carbocycles. The Hall–Kier alpha value is -2.15. The molecule has 0 unspecified atom stereocenters. The topological polar surface area (TPSA) is 36.7 Å². The molecule has 0 radical (unpaired) electrons. The van der Waals surface area contributed by atoms with Crippen molar-refractivity contribution in [3.05, 3.63) is 64.1 Å². The quantitative estimate of drug-likeness (QED) is 0.594. The second kappa shape index (κ2) is 5.69. The Labute approximate surface area is 131 Å². The van der Waals surface area contributed by atoms with Gasteiger partial charge >= 0.3 is 0 Å². The van der Waals surface area contributed by atoms with Crippen molar-refractivity contribution in [3.63, 3.8) is 0 Å². The van der Waals surface area contributed by atoms with Crippen LogP contribution in [0.3, 0.4) is 0 Å². The van der Waals surface area contributed by atoms with Gasteiger partial charge in [0, 0.05) is 5.02 Å². The lowest BCUT2D eigenvalue weighted by Gasteiger charge is -2.04. The van der Waals surface area contributed by atoms with Crippen molar-refractivity contribution in [1.29, 1.82) is 5.26 Å². The maximum Gasteiger partial charge on any atom is 0.135 e. The summed E-state index contributed by atoms with van der Waals surface area (Å²) in [7, 11) is 0. The number of rotatable bonds is 2. The van der Waals surface area contributed by atoms with E-state index in [-0.39, 0.29) is 0 Å². The molecule has 1 aromatic heterocycles. The van der Waals surface area contributed by atoms with E-state index in [9.17, 15) is 5.26 Å². The first-order chi connectivity index (χ1) is 10.2. The van der Waals surface area contributed by atoms with Gasteiger partial charge in [-0.05, 0) is 42.3 Å². The van der Waals surface area contributed by atoms with Gasteiger partial charge in [-0.2, -0.15) is 5.26 Å². The predicted molar refractivity (Wildman–Crippen MR) is 89.2 cm³/mol. The highest BCUT2D eigenvalue weighted by molar-refractivity contribution is 7.19. The van der Waals surface area contributed by atoms with Crippen molar-refractivity contribution in [2.75, 3.05) is 0 Å². The molecule has 3 rings (SSSR count). The maximum absolute atomic E-state index is 9.52. The first kappa shape index (κ1) is 13.8. The SMILES string of the molecule is CC(=C(C#N)c1nc2ccccc2s1)c1ccc(Cl)cc1. The molecule has 0 amide bonds. The summed E-state index contributed by atoms with van der Waals surface area (Å²) in [6.45, 7) is 1.94. The van der Waals surface area contributed by atoms with E-state index < -0.39 is 0 Å². The van der Waals surface area contributed by atoms with Crippen molar-refractivity contribution in [2.45, 2.75) is 6.92 Å². The molecule has 102 valence electrons. The third-order valence-corrected chi connectivity index (χ3v) is 4.58. The van der Waals surface area contributed by atoms with E-state index in [0.717, 1.165) is 26.4 Å². The number of hydrogen-bond acceptors (Lipinski definition) is 3. The van der Waals surface area contributed by atoms with Crippen molar-refractivity contribution in [3.8, 4) is 6.07 Å². The van der Waals surface area contributed by atoms with Crippen LogP contribution in [0.2, 0.25) is 5.02 Å². The highest BCUT2D eigenvalue weighted by Gasteiger charge is 2.12. The summed E-state index contributed by atoms with van der Waals surface area (Å²) in [5.74, 6) is 0. The summed E-state index contributed by atoms with van der Waals surface area (Å²) < 4.78 is 1.09. The molecule has 0 saturated carbocycles. The minimum absolute atomic E-state index is 0.610. The minimum atomic E-state index is 0.610. The number of nitrogens with zero attached hydrogens (tertiary/aromatic N) is 2. The van der Waals surface area contributed by atoms with E-state index in [1.165, 1.54) is 11.3 Å². The van der Waals surface area contributed by atoms with Crippen LogP contribution in [-0.4, -0.2) is 4.98 Å². The second-order valence-electron chi connectivity index (χ2n) is 4.61. The molecule has 4 heteroatoms. The highest BCUT2D eigenvalue weighted by Crippen LogP contribution is 2.31. The number of aromatic nitrogens is 1. The molecule has 3 aromatic rings. The fraction of sp³-hybridized carbons (Fsp3) is 0.0588. The van der Waals surface area contributed by atoms with Crippen LogP contribution in [0, 0.1) is 11.3 Å². The maximum atomic E-state index is 9.52. The average molecular weight is 311 g/mol. The molecule has 0 aliphatic heterocycles. The van der Waals surface area contributed by atoms with Crippen LogP contribution < -0.4 is 0 Å². The number of hydrogen-bond donors (Lipinski definition) is 0. The standard InChI is InChI=1S/C17H11ClN2S/c1-11(12-6-8-13(18)9-7-12)14(10-19)17-20-15-4-2-3-5-16(15)21-17/h2-9H,1H3. The van der Waals surface area contributed by atoms with E-state index in [1.807, 2.05) is 55.5 Å². The Bertz CT molecular complexity index is 837. The highest BCUT2D eigenvalue weighted by atomic mass is 35.5. The number of para-hydroxylation sites is 1. The van der Waals surface area contributed by atoms with Gasteiger partial charge in [-0.1, -0.05) is 35.9 Å². The van der Waals surface area contributed by atoms with E-state index in [1.54, 1.807) is 0 Å². The third kappa shape index (κ3) is 2.69. The average Bonchev–Trinajstić information content (AvgIpc) is 2.92. The van der Waals surface area contributed by atoms with Crippen LogP contribution in [-0.2, 0) is 0 Å². The molecular formula is C17H11ClN2S. The third-order valence-electron chi connectivity index (χ3n) is 3.27. The lowest BCUT2D eigenvalue weighted by Crippen LogP contribution is -1.87. The molecule has 0 N–H and O–H groups in total. The van der Waals surface area contributed by atoms with Gasteiger partial charge in [-0.25, -0.2) is 4.98 Å². The summed E-state index contributed by atoms with van der Waals surface area (Å²) in [6.07, 6.45) is 0. The summed E-state index contributed by atoms with van der Waals surface area (Å²) in [6, 6.07) is 17.7. The van der Waals surface area contributed by atoms with Gasteiger partial charge in [0.25, 0.3) is 0 Å². The molecule has 0 spiro atoms. The van der Waals surface area contributed by atoms with E-state index >= 15 is 0 Å². The second-order valence-corrected chi connectivity index (χ2v) is 6.07. The number of allylic oxidation sites excluding steroid dienone is 2. The monoisotopic (exact) mass is 310 g/mol. The normalized spacial score (nSPS) is 12.0. The van der Waals surface area contributed by atoms with Crippen molar-refractivity contribution >= 4 is 44.3 Å². The molecule has 0 atom stereocenters. The Morgan fingerprint density at radius 2 is 1.86 bits per heavy atom. The van der Waals surface area contributed by atoms with Gasteiger partial charge in [-0.3, -0.25) is 0 Å². The zero-order valence-corrected chi connectivity index (χ0v) is 12.9. The van der Waals surface area contributed by atoms with Crippen LogP contribution in [0.4, 0.5) is 0 Å². The molecule has 0 saturated heterocycles. The predicted octanol–water partition coefficient (Wildman–Crippen LogP) is 5.40. The fourth-order valence-electron chi connectivity index (χ4n) is 2.12. The van der Waals surface area contributed by atoms with E-state index in [0.29, 0.717) is 10.6 Å². The van der Waals surface area contributed by atoms with Crippen LogP contribution in [0.1, 0.15) is 17.5 Å². The Morgan fingerprint density at radius 1 is 1.14 bits per heavy atom. The summed E-state index contributed by atoms with van der Waals surface area (Å²) in [5, 5.41) is 11.0. The summed E-state index contributed by atoms with van der Waals surface area (Å²) >= 11 is 7.45. The fourth-order valence-corrected chi connectivity index (χ4v) is 3.26. The number of benzene rings is 2. The number of fused-ring (bicyclic) bond motifs is 1. The van der Waals surface area contributed by atoms with Gasteiger partial charge in [-0.15, -0.1) is 11.3 Å². The summed E-state index contributed by atoms with van der Waals surface area (Å²) in [5.41, 5.74) is 3.43. The van der Waals surface area contributed by atoms with Crippen LogP contribution in [0.5, 0.6) is 0 Å². The largest absolute Gasteiger partial charge is 0.235 e. The van der Waals surface area contributed by atoms with Crippen LogP contribution in [0.25, 0.3) is 21.4 Å². The zero-order valence-electron chi connectivity index (χ0n) is 11.3. The number of nitriles is 1. The molecule has 0 bridgehead atoms. The molecule has 0 fully saturated rings. The minimum Gasteiger partial charge on any atom is -0.235 e. The van der Waals surface area contributed by atoms with Gasteiger partial charge < -0.3 is 0 Å². The van der Waals surface area contributed by atoms with Crippen molar-refractivity contribution in [1.82, 2.24) is 4.98 Å². The van der Waals surface area contributed by atoms with Gasteiger partial charge in [0.05, 0.1) is 15.8 Å². The zero-order chi connectivity index (χ0) is 14.8. The molecule has 2 nitrogen and oxygen atoms in total. The first-order valence-electron chi connectivity index (χ1n) is 6.42. The Balaban J connectivity index is 2.14. The lowest BCUT2D eigenvalue weighted by atomic mass is 10.0. The van der Waals surface area contributed by atoms with Crippen molar-refractivity contribution in [2.24, 2.45) is 0 Å². The van der Waals surface area contributed by atoms with E-state index in [4.69, 9.17) is 11.6 Å². The molecule has 2 aromatic carbocycles. The molecular weight excluding hydrogens is 300 g/mol. The lowest BCUT2D eigenvalue weighted by molar-refractivity contribution is 1.42. The number of halogens is 1. The van der Waals surface area contributed by atoms with E-state index in [2.05, 4.69) is 11.1 Å². The van der Waals surface area contributed by atoms with Crippen molar-refractivity contribution < 1.29 is 0 Å². The van der Waals surface area contributed by atoms with Gasteiger partial charge in [0.2, 0.25) is 0 Å². The molecule has 21 heavy (non-hydrogen) atoms. The molecule has 0 aliphatic rings. The summed E-state index contributed by atoms with van der Waals surface area (Å²) in [4.78, 5) is 4.56. The molecule has 1 heterocycles. The van der Waals surface area contributed by atoms with Crippen LogP contribution >= 0.6 is 22.9 Å².